The van der Waals surface area contributed by atoms with Gasteiger partial charge in [0.25, 0.3) is 5.56 Å². The van der Waals surface area contributed by atoms with Gasteiger partial charge in [-0.05, 0) is 25.0 Å². The quantitative estimate of drug-likeness (QED) is 0.633. The number of H-pyrrole nitrogens is 2. The van der Waals surface area contributed by atoms with Gasteiger partial charge in [-0.1, -0.05) is 22.9 Å². The fourth-order valence-corrected chi connectivity index (χ4v) is 3.55. The molecule has 30 heavy (non-hydrogen) atoms. The van der Waals surface area contributed by atoms with Crippen molar-refractivity contribution in [3.63, 3.8) is 0 Å². The lowest BCUT2D eigenvalue weighted by Gasteiger charge is -2.27. The maximum atomic E-state index is 13.6. The molecule has 0 unspecified atom stereocenters. The van der Waals surface area contributed by atoms with Crippen molar-refractivity contribution in [2.24, 2.45) is 0 Å². The molecule has 2 N–H and O–H groups in total. The molecule has 3 aromatic rings. The minimum absolute atomic E-state index is 0.0404. The van der Waals surface area contributed by atoms with Gasteiger partial charge in [0.15, 0.2) is 0 Å². The van der Waals surface area contributed by atoms with Crippen LogP contribution in [0.2, 0.25) is 5.02 Å². The van der Waals surface area contributed by atoms with Crippen LogP contribution >= 0.6 is 11.6 Å². The number of aromatic nitrogens is 5. The zero-order valence-corrected chi connectivity index (χ0v) is 16.6. The van der Waals surface area contributed by atoms with Gasteiger partial charge >= 0.3 is 5.69 Å². The van der Waals surface area contributed by atoms with Crippen LogP contribution in [0.25, 0.3) is 11.3 Å². The van der Waals surface area contributed by atoms with Crippen LogP contribution in [0.1, 0.15) is 24.1 Å². The maximum absolute atomic E-state index is 13.6. The molecule has 9 nitrogen and oxygen atoms in total. The average Bonchev–Trinajstić information content (AvgIpc) is 3.18. The molecular formula is C19H18ClFN6O3. The van der Waals surface area contributed by atoms with E-state index in [1.165, 1.54) is 12.1 Å². The predicted molar refractivity (Wildman–Crippen MR) is 106 cm³/mol. The van der Waals surface area contributed by atoms with Gasteiger partial charge < -0.3 is 9.88 Å². The van der Waals surface area contributed by atoms with Gasteiger partial charge in [0.2, 0.25) is 5.91 Å². The number of aryl methyl sites for hydroxylation is 1. The first-order chi connectivity index (χ1) is 14.4. The van der Waals surface area contributed by atoms with Gasteiger partial charge in [-0.2, -0.15) is 0 Å². The number of benzene rings is 1. The second-order valence-electron chi connectivity index (χ2n) is 7.03. The summed E-state index contributed by atoms with van der Waals surface area (Å²) in [7, 11) is 0. The minimum atomic E-state index is -0.574. The van der Waals surface area contributed by atoms with E-state index in [4.69, 9.17) is 11.6 Å². The molecule has 0 saturated carbocycles. The minimum Gasteiger partial charge on any atom is -0.337 e. The summed E-state index contributed by atoms with van der Waals surface area (Å²) < 4.78 is 15.2. The Morgan fingerprint density at radius 3 is 2.90 bits per heavy atom. The summed E-state index contributed by atoms with van der Waals surface area (Å²) in [5.74, 6) is -0.595. The van der Waals surface area contributed by atoms with Crippen LogP contribution < -0.4 is 11.2 Å². The molecule has 1 aromatic carbocycles. The summed E-state index contributed by atoms with van der Waals surface area (Å²) >= 11 is 5.69. The third kappa shape index (κ3) is 4.18. The van der Waals surface area contributed by atoms with Gasteiger partial charge in [0.05, 0.1) is 17.8 Å². The fourth-order valence-electron chi connectivity index (χ4n) is 3.43. The molecule has 2 aromatic heterocycles. The van der Waals surface area contributed by atoms with Crippen LogP contribution in [-0.4, -0.2) is 42.3 Å². The lowest BCUT2D eigenvalue weighted by Crippen LogP contribution is -2.41. The number of carbonyl (C=O) groups is 1. The Morgan fingerprint density at radius 1 is 1.27 bits per heavy atom. The summed E-state index contributed by atoms with van der Waals surface area (Å²) in [5.41, 5.74) is 1.11. The average molecular weight is 433 g/mol. The largest absolute Gasteiger partial charge is 0.337 e. The monoisotopic (exact) mass is 432 g/mol. The topological polar surface area (TPSA) is 117 Å². The molecule has 0 radical (unpaired) electrons. The van der Waals surface area contributed by atoms with Crippen LogP contribution in [0.15, 0.2) is 34.0 Å². The highest BCUT2D eigenvalue weighted by atomic mass is 35.5. The predicted octanol–water partition coefficient (Wildman–Crippen LogP) is 1.48. The van der Waals surface area contributed by atoms with Crippen molar-refractivity contribution in [1.82, 2.24) is 29.9 Å². The van der Waals surface area contributed by atoms with E-state index in [0.717, 1.165) is 0 Å². The molecule has 4 rings (SSSR count). The van der Waals surface area contributed by atoms with Gasteiger partial charge in [-0.25, -0.2) is 9.18 Å². The van der Waals surface area contributed by atoms with Gasteiger partial charge in [0.1, 0.15) is 11.5 Å². The molecule has 11 heteroatoms. The van der Waals surface area contributed by atoms with Crippen molar-refractivity contribution in [3.05, 3.63) is 67.3 Å². The third-order valence-electron chi connectivity index (χ3n) is 5.00. The van der Waals surface area contributed by atoms with Crippen molar-refractivity contribution in [2.75, 3.05) is 6.54 Å². The van der Waals surface area contributed by atoms with Gasteiger partial charge in [-0.3, -0.25) is 19.3 Å². The lowest BCUT2D eigenvalue weighted by molar-refractivity contribution is -0.132. The zero-order chi connectivity index (χ0) is 21.3. The van der Waals surface area contributed by atoms with E-state index >= 15 is 0 Å². The molecular weight excluding hydrogens is 415 g/mol. The number of amides is 1. The molecule has 1 aliphatic rings. The van der Waals surface area contributed by atoms with E-state index in [1.54, 1.807) is 21.8 Å². The Bertz CT molecular complexity index is 1220. The molecule has 0 fully saturated rings. The second-order valence-corrected chi connectivity index (χ2v) is 7.44. The van der Waals surface area contributed by atoms with Crippen LogP contribution in [0.3, 0.4) is 0 Å². The number of carbonyl (C=O) groups excluding carboxylic acids is 1. The van der Waals surface area contributed by atoms with Crippen LogP contribution in [0, 0.1) is 5.82 Å². The number of nitrogens with one attached hydrogen (secondary N) is 2. The van der Waals surface area contributed by atoms with Crippen LogP contribution in [-0.2, 0) is 24.3 Å². The van der Waals surface area contributed by atoms with Crippen molar-refractivity contribution in [2.45, 2.75) is 32.4 Å². The standard InChI is InChI=1S/C19H18ClFN6O3/c20-13-4-3-11(8-14(13)21)15-10-27(25-24-15)6-1-2-17(28)26-7-5-12-16(9-26)22-19(30)23-18(12)29/h3-4,8,10H,1-2,5-7,9H2,(H2,22,23,29,30). The summed E-state index contributed by atoms with van der Waals surface area (Å²) in [6.07, 6.45) is 2.90. The van der Waals surface area contributed by atoms with Crippen LogP contribution in [0.4, 0.5) is 4.39 Å². The third-order valence-corrected chi connectivity index (χ3v) is 5.30. The molecule has 156 valence electrons. The van der Waals surface area contributed by atoms with Gasteiger partial charge in [0, 0.05) is 36.3 Å². The van der Waals surface area contributed by atoms with E-state index in [0.29, 0.717) is 48.4 Å². The molecule has 1 aliphatic heterocycles. The molecule has 0 bridgehead atoms. The van der Waals surface area contributed by atoms with Crippen molar-refractivity contribution < 1.29 is 9.18 Å². The Labute approximate surface area is 174 Å². The molecule has 0 spiro atoms. The smallest absolute Gasteiger partial charge is 0.325 e. The molecule has 0 aliphatic carbocycles. The normalized spacial score (nSPS) is 13.3. The van der Waals surface area contributed by atoms with Crippen molar-refractivity contribution in [3.8, 4) is 11.3 Å². The fraction of sp³-hybridized carbons (Fsp3) is 0.316. The highest BCUT2D eigenvalue weighted by Crippen LogP contribution is 2.22. The number of aromatic amines is 2. The number of hydrogen-bond acceptors (Lipinski definition) is 5. The Hall–Kier alpha value is -3.27. The van der Waals surface area contributed by atoms with Crippen LogP contribution in [0.5, 0.6) is 0 Å². The molecule has 0 atom stereocenters. The lowest BCUT2D eigenvalue weighted by atomic mass is 10.1. The van der Waals surface area contributed by atoms with E-state index in [2.05, 4.69) is 20.3 Å². The number of nitrogens with zero attached hydrogens (tertiary/aromatic N) is 4. The number of fused-ring (bicyclic) bond motifs is 1. The van der Waals surface area contributed by atoms with E-state index in [1.807, 2.05) is 0 Å². The SMILES string of the molecule is O=C(CCCn1cc(-c2ccc(Cl)c(F)c2)nn1)N1CCc2c([nH]c(=O)[nH]c2=O)C1. The Morgan fingerprint density at radius 2 is 2.10 bits per heavy atom. The van der Waals surface area contributed by atoms with Gasteiger partial charge in [-0.15, -0.1) is 5.10 Å². The number of hydrogen-bond donors (Lipinski definition) is 2. The summed E-state index contributed by atoms with van der Waals surface area (Å²) in [5, 5.41) is 8.08. The Kier molecular flexibility index (Phi) is 5.49. The second kappa shape index (κ2) is 8.23. The summed E-state index contributed by atoms with van der Waals surface area (Å²) in [6, 6.07) is 4.42. The summed E-state index contributed by atoms with van der Waals surface area (Å²) in [6.45, 7) is 1.11. The van der Waals surface area contributed by atoms with E-state index < -0.39 is 17.1 Å². The highest BCUT2D eigenvalue weighted by molar-refractivity contribution is 6.30. The molecule has 0 saturated heterocycles. The van der Waals surface area contributed by atoms with E-state index in [-0.39, 0.29) is 23.9 Å². The summed E-state index contributed by atoms with van der Waals surface area (Å²) in [4.78, 5) is 42.2. The zero-order valence-electron chi connectivity index (χ0n) is 15.8. The first-order valence-corrected chi connectivity index (χ1v) is 9.76. The first kappa shape index (κ1) is 20.0. The van der Waals surface area contributed by atoms with E-state index in [9.17, 15) is 18.8 Å². The highest BCUT2D eigenvalue weighted by Gasteiger charge is 2.23. The number of rotatable bonds is 5. The van der Waals surface area contributed by atoms with Crippen molar-refractivity contribution in [1.29, 1.82) is 0 Å². The van der Waals surface area contributed by atoms with Crippen molar-refractivity contribution >= 4 is 17.5 Å². The maximum Gasteiger partial charge on any atom is 0.325 e. The molecule has 1 amide bonds. The Balaban J connectivity index is 1.33. The first-order valence-electron chi connectivity index (χ1n) is 9.38. The number of halogens is 2. The molecule has 3 heterocycles.